The van der Waals surface area contributed by atoms with Gasteiger partial charge in [-0.15, -0.1) is 0 Å². The first-order chi connectivity index (χ1) is 16.4. The van der Waals surface area contributed by atoms with Gasteiger partial charge in [0.2, 0.25) is 11.7 Å². The number of fused-ring (bicyclic) bond motifs is 1. The lowest BCUT2D eigenvalue weighted by molar-refractivity contribution is -0.991. The maximum Gasteiger partial charge on any atom is 0.259 e. The van der Waals surface area contributed by atoms with E-state index < -0.39 is 34.8 Å². The summed E-state index contributed by atoms with van der Waals surface area (Å²) in [5, 5.41) is 25.4. The van der Waals surface area contributed by atoms with Gasteiger partial charge in [0.15, 0.2) is 5.69 Å². The monoisotopic (exact) mass is 456 g/mol. The lowest BCUT2D eigenvalue weighted by Crippen LogP contribution is -2.99. The third-order valence-corrected chi connectivity index (χ3v) is 5.97. The summed E-state index contributed by atoms with van der Waals surface area (Å²) >= 11 is 0. The number of hydrazone groups is 1. The molecule has 3 unspecified atom stereocenters. The summed E-state index contributed by atoms with van der Waals surface area (Å²) < 4.78 is 0. The smallest absolute Gasteiger partial charge is 0.259 e. The number of Topliss-reactive ketones (excluding diaryl/α,β-unsaturated/α-hetero) is 1. The summed E-state index contributed by atoms with van der Waals surface area (Å²) in [5.41, 5.74) is 1.97. The van der Waals surface area contributed by atoms with Crippen LogP contribution in [0, 0.1) is 18.0 Å². The minimum atomic E-state index is -1.18. The van der Waals surface area contributed by atoms with E-state index in [1.807, 2.05) is 13.0 Å². The van der Waals surface area contributed by atoms with Crippen molar-refractivity contribution in [2.24, 2.45) is 11.0 Å². The van der Waals surface area contributed by atoms with Crippen LogP contribution in [0.5, 0.6) is 0 Å². The van der Waals surface area contributed by atoms with Crippen molar-refractivity contribution in [3.8, 4) is 0 Å². The molecule has 9 heteroatoms. The number of hydrogen-bond donors (Lipinski definition) is 2. The standard InChI is InChI=1S/C25H20N4O5/c1-15-10-12-16(13-11-15)23(30)21-20-22(28(26-21)17-6-3-2-4-7-17)25(32)27(24(20)31)18-8-5-9-19(14-18)29(33)34/h2-14,20,22,29,33H,1H3. The van der Waals surface area contributed by atoms with Crippen molar-refractivity contribution >= 4 is 40.4 Å². The Bertz CT molecular complexity index is 1320. The third-order valence-electron chi connectivity index (χ3n) is 5.97. The third kappa shape index (κ3) is 3.48. The largest absolute Gasteiger partial charge is 0.595 e. The zero-order valence-corrected chi connectivity index (χ0v) is 18.1. The van der Waals surface area contributed by atoms with E-state index in [9.17, 15) is 24.8 Å². The molecule has 1 saturated heterocycles. The fraction of sp³-hybridized carbons (Fsp3) is 0.120. The van der Waals surface area contributed by atoms with Gasteiger partial charge in [-0.3, -0.25) is 19.4 Å². The number of aryl methyl sites for hydroxylation is 1. The van der Waals surface area contributed by atoms with Gasteiger partial charge in [-0.25, -0.2) is 10.1 Å². The Hall–Kier alpha value is -4.18. The second-order valence-electron chi connectivity index (χ2n) is 8.15. The molecule has 2 heterocycles. The molecule has 0 aliphatic carbocycles. The van der Waals surface area contributed by atoms with Gasteiger partial charge in [0.05, 0.1) is 11.4 Å². The number of carbonyl (C=O) groups is 3. The molecule has 3 aromatic carbocycles. The predicted octanol–water partition coefficient (Wildman–Crippen LogP) is 2.02. The van der Waals surface area contributed by atoms with Crippen LogP contribution < -0.4 is 15.1 Å². The van der Waals surface area contributed by atoms with Crippen molar-refractivity contribution in [1.82, 2.24) is 0 Å². The average molecular weight is 456 g/mol. The Kier molecular flexibility index (Phi) is 5.29. The Morgan fingerprint density at radius 3 is 2.29 bits per heavy atom. The molecule has 0 radical (unpaired) electrons. The fourth-order valence-corrected chi connectivity index (χ4v) is 4.28. The van der Waals surface area contributed by atoms with Crippen molar-refractivity contribution in [1.29, 1.82) is 0 Å². The number of imide groups is 1. The number of nitrogens with one attached hydrogen (secondary N) is 1. The maximum absolute atomic E-state index is 13.6. The topological polar surface area (TPSA) is 118 Å². The van der Waals surface area contributed by atoms with E-state index in [0.717, 1.165) is 10.5 Å². The summed E-state index contributed by atoms with van der Waals surface area (Å²) in [7, 11) is 0. The van der Waals surface area contributed by atoms with E-state index in [-0.39, 0.29) is 17.1 Å². The summed E-state index contributed by atoms with van der Waals surface area (Å²) in [5.74, 6) is -2.74. The summed E-state index contributed by atoms with van der Waals surface area (Å²) in [6.45, 7) is 1.90. The van der Waals surface area contributed by atoms with Crippen LogP contribution in [0.2, 0.25) is 0 Å². The first kappa shape index (κ1) is 21.7. The van der Waals surface area contributed by atoms with Gasteiger partial charge in [0.1, 0.15) is 17.7 Å². The van der Waals surface area contributed by atoms with Gasteiger partial charge in [-0.1, -0.05) is 54.1 Å². The SMILES string of the molecule is Cc1ccc(C(=O)C2=NN(c3ccccc3)C3C(=O)N(c4cccc([NH+]([O-])O)c4)C(=O)C23)cc1. The number of anilines is 2. The van der Waals surface area contributed by atoms with Crippen LogP contribution in [0.1, 0.15) is 15.9 Å². The molecule has 2 N–H and O–H groups in total. The molecule has 0 bridgehead atoms. The molecule has 3 aromatic rings. The fourth-order valence-electron chi connectivity index (χ4n) is 4.28. The van der Waals surface area contributed by atoms with Crippen LogP contribution in [0.15, 0.2) is 84.0 Å². The van der Waals surface area contributed by atoms with E-state index in [1.54, 1.807) is 48.5 Å². The first-order valence-corrected chi connectivity index (χ1v) is 10.6. The molecule has 1 fully saturated rings. The molecule has 0 aromatic heterocycles. The van der Waals surface area contributed by atoms with Crippen molar-refractivity contribution in [3.63, 3.8) is 0 Å². The van der Waals surface area contributed by atoms with Gasteiger partial charge >= 0.3 is 0 Å². The zero-order chi connectivity index (χ0) is 24.0. The molecule has 0 spiro atoms. The number of ketones is 1. The average Bonchev–Trinajstić information content (AvgIpc) is 3.36. The summed E-state index contributed by atoms with van der Waals surface area (Å²) in [6, 6.07) is 20.3. The van der Waals surface area contributed by atoms with Crippen LogP contribution >= 0.6 is 0 Å². The molecule has 2 aliphatic heterocycles. The lowest BCUT2D eigenvalue weighted by Gasteiger charge is -2.22. The molecular formula is C25H20N4O5. The highest BCUT2D eigenvalue weighted by molar-refractivity contribution is 6.53. The van der Waals surface area contributed by atoms with Crippen LogP contribution in [0.25, 0.3) is 0 Å². The molecule has 34 heavy (non-hydrogen) atoms. The van der Waals surface area contributed by atoms with Crippen molar-refractivity contribution in [2.75, 3.05) is 9.91 Å². The van der Waals surface area contributed by atoms with Crippen molar-refractivity contribution < 1.29 is 24.8 Å². The molecule has 170 valence electrons. The van der Waals surface area contributed by atoms with E-state index >= 15 is 0 Å². The normalized spacial score (nSPS) is 20.4. The highest BCUT2D eigenvalue weighted by Crippen LogP contribution is 2.38. The Morgan fingerprint density at radius 2 is 1.62 bits per heavy atom. The highest BCUT2D eigenvalue weighted by atomic mass is 16.8. The molecular weight excluding hydrogens is 436 g/mol. The highest BCUT2D eigenvalue weighted by Gasteiger charge is 2.58. The Labute approximate surface area is 194 Å². The number of hydrogen-bond acceptors (Lipinski definition) is 7. The van der Waals surface area contributed by atoms with Crippen LogP contribution in [0.3, 0.4) is 0 Å². The predicted molar refractivity (Wildman–Crippen MR) is 124 cm³/mol. The van der Waals surface area contributed by atoms with Crippen molar-refractivity contribution in [2.45, 2.75) is 13.0 Å². The van der Waals surface area contributed by atoms with Crippen LogP contribution in [-0.2, 0) is 9.59 Å². The summed E-state index contributed by atoms with van der Waals surface area (Å²) in [6.07, 6.45) is 0. The van der Waals surface area contributed by atoms with Gasteiger partial charge in [-0.2, -0.15) is 10.3 Å². The quantitative estimate of drug-likeness (QED) is 0.345. The van der Waals surface area contributed by atoms with E-state index in [0.29, 0.717) is 11.3 Å². The number of rotatable bonds is 5. The molecule has 9 nitrogen and oxygen atoms in total. The first-order valence-electron chi connectivity index (χ1n) is 10.6. The minimum absolute atomic E-state index is 0.0204. The maximum atomic E-state index is 13.6. The lowest BCUT2D eigenvalue weighted by atomic mass is 9.92. The zero-order valence-electron chi connectivity index (χ0n) is 18.1. The molecule has 5 rings (SSSR count). The Morgan fingerprint density at radius 1 is 0.941 bits per heavy atom. The molecule has 0 saturated carbocycles. The second kappa shape index (κ2) is 8.31. The Balaban J connectivity index is 1.60. The number of benzene rings is 3. The van der Waals surface area contributed by atoms with Gasteiger partial charge in [0.25, 0.3) is 5.91 Å². The summed E-state index contributed by atoms with van der Waals surface area (Å²) in [4.78, 5) is 41.5. The van der Waals surface area contributed by atoms with Gasteiger partial charge < -0.3 is 5.21 Å². The number of nitrogens with zero attached hydrogens (tertiary/aromatic N) is 3. The van der Waals surface area contributed by atoms with Gasteiger partial charge in [-0.05, 0) is 25.1 Å². The van der Waals surface area contributed by atoms with Crippen LogP contribution in [-0.4, -0.2) is 34.6 Å². The second-order valence-corrected chi connectivity index (χ2v) is 8.15. The number of carbonyl (C=O) groups excluding carboxylic acids is 3. The van der Waals surface area contributed by atoms with Crippen molar-refractivity contribution in [3.05, 3.63) is 95.2 Å². The van der Waals surface area contributed by atoms with E-state index in [1.165, 1.54) is 29.3 Å². The van der Waals surface area contributed by atoms with Crippen LogP contribution in [0.4, 0.5) is 17.1 Å². The molecule has 2 amide bonds. The van der Waals surface area contributed by atoms with E-state index in [4.69, 9.17) is 0 Å². The number of para-hydroxylation sites is 1. The molecule has 2 aliphatic rings. The number of quaternary nitrogens is 1. The van der Waals surface area contributed by atoms with E-state index in [2.05, 4.69) is 5.10 Å². The minimum Gasteiger partial charge on any atom is -0.595 e. The number of amides is 2. The van der Waals surface area contributed by atoms with Gasteiger partial charge in [0, 0.05) is 17.7 Å². The molecule has 3 atom stereocenters.